The van der Waals surface area contributed by atoms with Gasteiger partial charge in [0.25, 0.3) is 6.43 Å². The van der Waals surface area contributed by atoms with Crippen molar-refractivity contribution in [3.05, 3.63) is 34.9 Å². The first-order valence-corrected chi connectivity index (χ1v) is 6.18. The van der Waals surface area contributed by atoms with Crippen LogP contribution >= 0.6 is 0 Å². The van der Waals surface area contributed by atoms with Crippen molar-refractivity contribution in [3.63, 3.8) is 0 Å². The molecule has 0 heterocycles. The number of hydrogen-bond donors (Lipinski definition) is 1. The number of aliphatic imine (C=N–C) groups is 2. The molecular weight excluding hydrogens is 248 g/mol. The molecule has 0 aliphatic heterocycles. The Kier molecular flexibility index (Phi) is 5.60. The van der Waals surface area contributed by atoms with Crippen molar-refractivity contribution in [2.45, 2.75) is 33.6 Å². The van der Waals surface area contributed by atoms with Gasteiger partial charge in [0.15, 0.2) is 0 Å². The summed E-state index contributed by atoms with van der Waals surface area (Å²) in [6.45, 7) is 5.07. The van der Waals surface area contributed by atoms with Crippen LogP contribution in [0.3, 0.4) is 0 Å². The Labute approximate surface area is 112 Å². The maximum atomic E-state index is 12.0. The molecular formula is C14H19F2N3. The normalized spacial score (nSPS) is 13.2. The second kappa shape index (κ2) is 6.97. The highest BCUT2D eigenvalue weighted by Gasteiger charge is 2.07. The minimum absolute atomic E-state index is 0.265. The molecule has 0 aromatic heterocycles. The van der Waals surface area contributed by atoms with Crippen LogP contribution in [-0.4, -0.2) is 24.6 Å². The fourth-order valence-corrected chi connectivity index (χ4v) is 1.88. The second-order valence-electron chi connectivity index (χ2n) is 4.23. The van der Waals surface area contributed by atoms with E-state index in [1.54, 1.807) is 6.92 Å². The van der Waals surface area contributed by atoms with Gasteiger partial charge in [-0.1, -0.05) is 25.1 Å². The van der Waals surface area contributed by atoms with Crippen LogP contribution in [0.25, 0.3) is 0 Å². The molecule has 0 saturated carbocycles. The van der Waals surface area contributed by atoms with E-state index in [1.807, 2.05) is 32.0 Å². The summed E-state index contributed by atoms with van der Waals surface area (Å²) in [6, 6.07) is 5.79. The van der Waals surface area contributed by atoms with Gasteiger partial charge >= 0.3 is 0 Å². The highest BCUT2D eigenvalue weighted by Crippen LogP contribution is 2.14. The highest BCUT2D eigenvalue weighted by molar-refractivity contribution is 6.05. The van der Waals surface area contributed by atoms with E-state index in [-0.39, 0.29) is 5.84 Å². The van der Waals surface area contributed by atoms with Crippen LogP contribution in [0.15, 0.2) is 28.2 Å². The molecule has 0 aliphatic carbocycles. The van der Waals surface area contributed by atoms with Crippen LogP contribution in [0.5, 0.6) is 0 Å². The standard InChI is InChI=1S/C14H19F2N3/c1-4-11-9(2)6-5-7-12(11)14(17)19-10(3)18-8-13(15)16/h5-7,13H,4,8H2,1-3H3,(H2,17,18,19). The van der Waals surface area contributed by atoms with Crippen molar-refractivity contribution in [3.8, 4) is 0 Å². The molecule has 0 aliphatic rings. The number of hydrogen-bond acceptors (Lipinski definition) is 1. The average Bonchev–Trinajstić information content (AvgIpc) is 2.36. The number of amidine groups is 2. The summed E-state index contributed by atoms with van der Waals surface area (Å²) >= 11 is 0. The summed E-state index contributed by atoms with van der Waals surface area (Å²) in [5, 5.41) is 0. The average molecular weight is 267 g/mol. The number of aryl methyl sites for hydroxylation is 1. The van der Waals surface area contributed by atoms with E-state index in [9.17, 15) is 8.78 Å². The molecule has 0 radical (unpaired) electrons. The number of halogens is 2. The smallest absolute Gasteiger partial charge is 0.257 e. The first kappa shape index (κ1) is 15.3. The Morgan fingerprint density at radius 2 is 2.05 bits per heavy atom. The Bertz CT molecular complexity index is 493. The molecule has 5 heteroatoms. The summed E-state index contributed by atoms with van der Waals surface area (Å²) in [6.07, 6.45) is -1.62. The Hall–Kier alpha value is -1.78. The predicted octanol–water partition coefficient (Wildman–Crippen LogP) is 2.95. The van der Waals surface area contributed by atoms with Crippen molar-refractivity contribution >= 4 is 11.7 Å². The van der Waals surface area contributed by atoms with Gasteiger partial charge in [-0.15, -0.1) is 0 Å². The van der Waals surface area contributed by atoms with E-state index in [0.717, 1.165) is 23.1 Å². The molecule has 19 heavy (non-hydrogen) atoms. The van der Waals surface area contributed by atoms with Crippen molar-refractivity contribution in [1.29, 1.82) is 0 Å². The maximum absolute atomic E-state index is 12.0. The molecule has 0 atom stereocenters. The quantitative estimate of drug-likeness (QED) is 0.661. The van der Waals surface area contributed by atoms with Gasteiger partial charge in [0.2, 0.25) is 0 Å². The van der Waals surface area contributed by atoms with Gasteiger partial charge in [0, 0.05) is 5.56 Å². The van der Waals surface area contributed by atoms with Gasteiger partial charge in [0.05, 0.1) is 0 Å². The Morgan fingerprint density at radius 1 is 1.37 bits per heavy atom. The fourth-order valence-electron chi connectivity index (χ4n) is 1.88. The van der Waals surface area contributed by atoms with Crippen molar-refractivity contribution in [1.82, 2.24) is 0 Å². The van der Waals surface area contributed by atoms with Gasteiger partial charge in [-0.25, -0.2) is 13.8 Å². The number of alkyl halides is 2. The molecule has 0 spiro atoms. The number of nitrogens with zero attached hydrogens (tertiary/aromatic N) is 2. The monoisotopic (exact) mass is 267 g/mol. The molecule has 0 unspecified atom stereocenters. The van der Waals surface area contributed by atoms with E-state index in [0.29, 0.717) is 5.84 Å². The first-order valence-electron chi connectivity index (χ1n) is 6.18. The minimum atomic E-state index is -2.46. The highest BCUT2D eigenvalue weighted by atomic mass is 19.3. The van der Waals surface area contributed by atoms with Gasteiger partial charge in [0.1, 0.15) is 18.2 Å². The molecule has 104 valence electrons. The van der Waals surface area contributed by atoms with Crippen molar-refractivity contribution in [2.24, 2.45) is 15.7 Å². The number of nitrogens with two attached hydrogens (primary N) is 1. The van der Waals surface area contributed by atoms with E-state index in [2.05, 4.69) is 9.98 Å². The van der Waals surface area contributed by atoms with E-state index in [4.69, 9.17) is 5.73 Å². The third-order valence-electron chi connectivity index (χ3n) is 2.78. The van der Waals surface area contributed by atoms with Crippen LogP contribution in [0.2, 0.25) is 0 Å². The Balaban J connectivity index is 3.03. The lowest BCUT2D eigenvalue weighted by Crippen LogP contribution is -2.18. The molecule has 0 amide bonds. The van der Waals surface area contributed by atoms with Crippen LogP contribution in [0.4, 0.5) is 8.78 Å². The molecule has 1 aromatic carbocycles. The van der Waals surface area contributed by atoms with Crippen molar-refractivity contribution < 1.29 is 8.78 Å². The van der Waals surface area contributed by atoms with Gasteiger partial charge in [-0.3, -0.25) is 4.99 Å². The third-order valence-corrected chi connectivity index (χ3v) is 2.78. The lowest BCUT2D eigenvalue weighted by molar-refractivity contribution is 0.158. The largest absolute Gasteiger partial charge is 0.383 e. The summed E-state index contributed by atoms with van der Waals surface area (Å²) in [7, 11) is 0. The molecule has 0 saturated heterocycles. The first-order chi connectivity index (χ1) is 8.95. The summed E-state index contributed by atoms with van der Waals surface area (Å²) < 4.78 is 24.1. The van der Waals surface area contributed by atoms with E-state index < -0.39 is 13.0 Å². The van der Waals surface area contributed by atoms with Crippen molar-refractivity contribution in [2.75, 3.05) is 6.54 Å². The summed E-state index contributed by atoms with van der Waals surface area (Å²) in [5.74, 6) is 0.581. The third kappa shape index (κ3) is 4.43. The van der Waals surface area contributed by atoms with Gasteiger partial charge in [-0.05, 0) is 31.4 Å². The van der Waals surface area contributed by atoms with Crippen LogP contribution in [0, 0.1) is 6.92 Å². The zero-order chi connectivity index (χ0) is 14.4. The topological polar surface area (TPSA) is 50.7 Å². The fraction of sp³-hybridized carbons (Fsp3) is 0.429. The number of benzene rings is 1. The van der Waals surface area contributed by atoms with Gasteiger partial charge < -0.3 is 5.73 Å². The molecule has 3 nitrogen and oxygen atoms in total. The molecule has 1 aromatic rings. The maximum Gasteiger partial charge on any atom is 0.257 e. The van der Waals surface area contributed by atoms with E-state index in [1.165, 1.54) is 0 Å². The van der Waals surface area contributed by atoms with E-state index >= 15 is 0 Å². The lowest BCUT2D eigenvalue weighted by Gasteiger charge is -2.10. The summed E-state index contributed by atoms with van der Waals surface area (Å²) in [4.78, 5) is 7.75. The van der Waals surface area contributed by atoms with Gasteiger partial charge in [-0.2, -0.15) is 0 Å². The molecule has 1 rings (SSSR count). The Morgan fingerprint density at radius 3 is 2.63 bits per heavy atom. The zero-order valence-corrected chi connectivity index (χ0v) is 11.5. The van der Waals surface area contributed by atoms with Crippen LogP contribution < -0.4 is 5.73 Å². The zero-order valence-electron chi connectivity index (χ0n) is 11.5. The second-order valence-corrected chi connectivity index (χ2v) is 4.23. The molecule has 0 fully saturated rings. The molecule has 2 N–H and O–H groups in total. The lowest BCUT2D eigenvalue weighted by atomic mass is 9.99. The SMILES string of the molecule is CCc1c(C)cccc1C(N)=NC(C)=NCC(F)F. The minimum Gasteiger partial charge on any atom is -0.383 e. The summed E-state index contributed by atoms with van der Waals surface area (Å²) in [5.41, 5.74) is 9.03. The van der Waals surface area contributed by atoms with Crippen LogP contribution in [-0.2, 0) is 6.42 Å². The number of rotatable bonds is 4. The predicted molar refractivity (Wildman–Crippen MR) is 75.3 cm³/mol. The molecule has 0 bridgehead atoms. The van der Waals surface area contributed by atoms with Crippen LogP contribution in [0.1, 0.15) is 30.5 Å².